The summed E-state index contributed by atoms with van der Waals surface area (Å²) in [6.45, 7) is 9.12. The zero-order valence-corrected chi connectivity index (χ0v) is 23.4. The van der Waals surface area contributed by atoms with Crippen LogP contribution in [0.3, 0.4) is 0 Å². The molecule has 0 spiro atoms. The van der Waals surface area contributed by atoms with Crippen LogP contribution in [0.15, 0.2) is 72.9 Å². The van der Waals surface area contributed by atoms with Gasteiger partial charge < -0.3 is 15.1 Å². The van der Waals surface area contributed by atoms with Crippen LogP contribution in [-0.4, -0.2) is 50.9 Å². The molecule has 5 aromatic rings. The molecule has 4 heterocycles. The molecule has 6 rings (SSSR count). The maximum absolute atomic E-state index is 5.93. The molecule has 3 aromatic heterocycles. The molecule has 0 saturated carbocycles. The number of rotatable bonds is 4. The molecule has 1 aliphatic heterocycles. The Morgan fingerprint density at radius 2 is 1.92 bits per heavy atom. The zero-order chi connectivity index (χ0) is 26.2. The number of aryl methyl sites for hydroxylation is 1. The largest absolute Gasteiger partial charge is 0.351 e. The van der Waals surface area contributed by atoms with E-state index in [0.717, 1.165) is 57.7 Å². The van der Waals surface area contributed by atoms with Crippen molar-refractivity contribution >= 4 is 61.2 Å². The van der Waals surface area contributed by atoms with E-state index < -0.39 is 0 Å². The van der Waals surface area contributed by atoms with Crippen molar-refractivity contribution in [2.75, 3.05) is 29.9 Å². The minimum atomic E-state index is 0.254. The fourth-order valence-electron chi connectivity index (χ4n) is 5.15. The number of nitrogens with zero attached hydrogens (tertiary/aromatic N) is 5. The number of thiocarbonyl (C=S) groups is 1. The van der Waals surface area contributed by atoms with Gasteiger partial charge in [-0.05, 0) is 79.0 Å². The number of nitrogens with one attached hydrogen (secondary N) is 1. The first-order valence-electron chi connectivity index (χ1n) is 13.0. The maximum atomic E-state index is 5.93. The van der Waals surface area contributed by atoms with E-state index in [2.05, 4.69) is 99.6 Å². The average Bonchev–Trinajstić information content (AvgIpc) is 3.36. The molecule has 0 radical (unpaired) electrons. The monoisotopic (exact) mass is 538 g/mol. The van der Waals surface area contributed by atoms with Crippen LogP contribution in [0.25, 0.3) is 31.6 Å². The molecular formula is C30H30N6S2. The van der Waals surface area contributed by atoms with Gasteiger partial charge in [0.15, 0.2) is 10.9 Å². The summed E-state index contributed by atoms with van der Waals surface area (Å²) in [4.78, 5) is 10.3. The molecule has 0 aliphatic carbocycles. The molecule has 1 N–H and O–H groups in total. The van der Waals surface area contributed by atoms with E-state index >= 15 is 0 Å². The second-order valence-electron chi connectivity index (χ2n) is 10.2. The summed E-state index contributed by atoms with van der Waals surface area (Å²) in [5.41, 5.74) is 4.13. The van der Waals surface area contributed by atoms with E-state index in [9.17, 15) is 0 Å². The number of fused-ring (bicyclic) bond motifs is 2. The lowest BCUT2D eigenvalue weighted by atomic mass is 10.00. The van der Waals surface area contributed by atoms with E-state index in [0.29, 0.717) is 5.92 Å². The Balaban J connectivity index is 1.18. The SMILES string of the molecule is Cc1ccc2sc(-c3ccc(N4CCN(C(=S)Nc5cccc6ncccc56)C(C(C)C)C4)nn3)cc2c1. The molecule has 1 atom stereocenters. The predicted molar refractivity (Wildman–Crippen MR) is 163 cm³/mol. The number of benzene rings is 2. The number of anilines is 2. The Kier molecular flexibility index (Phi) is 6.68. The summed E-state index contributed by atoms with van der Waals surface area (Å²) in [5, 5.41) is 15.8. The molecule has 0 bridgehead atoms. The average molecular weight is 539 g/mol. The van der Waals surface area contributed by atoms with Crippen molar-refractivity contribution in [3.05, 3.63) is 78.5 Å². The molecule has 6 nitrogen and oxygen atoms in total. The molecule has 2 aromatic carbocycles. The van der Waals surface area contributed by atoms with Crippen molar-refractivity contribution in [2.24, 2.45) is 5.92 Å². The Hall–Kier alpha value is -3.62. The Morgan fingerprint density at radius 1 is 1.03 bits per heavy atom. The number of aromatic nitrogens is 3. The molecule has 1 saturated heterocycles. The Labute approximate surface area is 232 Å². The highest BCUT2D eigenvalue weighted by Gasteiger charge is 2.31. The van der Waals surface area contributed by atoms with Crippen molar-refractivity contribution in [1.29, 1.82) is 0 Å². The van der Waals surface area contributed by atoms with Crippen LogP contribution >= 0.6 is 23.6 Å². The summed E-state index contributed by atoms with van der Waals surface area (Å²) in [6.07, 6.45) is 1.82. The fourth-order valence-corrected chi connectivity index (χ4v) is 6.50. The molecule has 1 fully saturated rings. The lowest BCUT2D eigenvalue weighted by molar-refractivity contribution is 0.227. The van der Waals surface area contributed by atoms with E-state index in [4.69, 9.17) is 12.2 Å². The molecule has 8 heteroatoms. The van der Waals surface area contributed by atoms with Crippen LogP contribution in [0.1, 0.15) is 19.4 Å². The molecular weight excluding hydrogens is 509 g/mol. The second kappa shape index (κ2) is 10.3. The third-order valence-electron chi connectivity index (χ3n) is 7.24. The normalized spacial score (nSPS) is 15.9. The number of hydrogen-bond donors (Lipinski definition) is 1. The fraction of sp³-hybridized carbons (Fsp3) is 0.267. The third-order valence-corrected chi connectivity index (χ3v) is 8.71. The van der Waals surface area contributed by atoms with Crippen molar-refractivity contribution in [1.82, 2.24) is 20.1 Å². The number of pyridine rings is 1. The van der Waals surface area contributed by atoms with Crippen molar-refractivity contribution < 1.29 is 0 Å². The van der Waals surface area contributed by atoms with E-state index in [1.54, 1.807) is 11.3 Å². The highest BCUT2D eigenvalue weighted by Crippen LogP contribution is 2.33. The van der Waals surface area contributed by atoms with E-state index in [1.165, 1.54) is 15.6 Å². The lowest BCUT2D eigenvalue weighted by Gasteiger charge is -2.45. The van der Waals surface area contributed by atoms with Gasteiger partial charge in [0.25, 0.3) is 0 Å². The molecule has 38 heavy (non-hydrogen) atoms. The van der Waals surface area contributed by atoms with Gasteiger partial charge in [0, 0.05) is 41.6 Å². The lowest BCUT2D eigenvalue weighted by Crippen LogP contribution is -2.58. The van der Waals surface area contributed by atoms with Gasteiger partial charge in [-0.2, -0.15) is 0 Å². The van der Waals surface area contributed by atoms with Gasteiger partial charge in [-0.1, -0.05) is 37.6 Å². The zero-order valence-electron chi connectivity index (χ0n) is 21.8. The summed E-state index contributed by atoms with van der Waals surface area (Å²) in [6, 6.07) is 23.4. The first-order valence-corrected chi connectivity index (χ1v) is 14.2. The predicted octanol–water partition coefficient (Wildman–Crippen LogP) is 6.76. The molecule has 0 amide bonds. The van der Waals surface area contributed by atoms with Gasteiger partial charge in [0.2, 0.25) is 0 Å². The smallest absolute Gasteiger partial charge is 0.173 e. The van der Waals surface area contributed by atoms with Crippen LogP contribution < -0.4 is 10.2 Å². The van der Waals surface area contributed by atoms with Gasteiger partial charge in [-0.15, -0.1) is 21.5 Å². The summed E-state index contributed by atoms with van der Waals surface area (Å²) < 4.78 is 1.27. The van der Waals surface area contributed by atoms with Crippen molar-refractivity contribution in [2.45, 2.75) is 26.8 Å². The first-order chi connectivity index (χ1) is 18.5. The topological polar surface area (TPSA) is 57.2 Å². The van der Waals surface area contributed by atoms with Gasteiger partial charge in [-0.25, -0.2) is 0 Å². The number of piperazine rings is 1. The summed E-state index contributed by atoms with van der Waals surface area (Å²) >= 11 is 7.69. The molecule has 192 valence electrons. The highest BCUT2D eigenvalue weighted by molar-refractivity contribution is 7.80. The van der Waals surface area contributed by atoms with Crippen molar-refractivity contribution in [3.63, 3.8) is 0 Å². The van der Waals surface area contributed by atoms with Crippen LogP contribution in [0.2, 0.25) is 0 Å². The molecule has 1 aliphatic rings. The van der Waals surface area contributed by atoms with Crippen LogP contribution in [0.4, 0.5) is 11.5 Å². The number of thiophene rings is 1. The van der Waals surface area contributed by atoms with Crippen LogP contribution in [0, 0.1) is 12.8 Å². The van der Waals surface area contributed by atoms with E-state index in [1.807, 2.05) is 24.4 Å². The van der Waals surface area contributed by atoms with Gasteiger partial charge in [-0.3, -0.25) is 4.98 Å². The van der Waals surface area contributed by atoms with Gasteiger partial charge in [0.1, 0.15) is 5.69 Å². The van der Waals surface area contributed by atoms with Crippen LogP contribution in [-0.2, 0) is 0 Å². The molecule has 1 unspecified atom stereocenters. The number of hydrogen-bond acceptors (Lipinski definition) is 6. The van der Waals surface area contributed by atoms with Crippen LogP contribution in [0.5, 0.6) is 0 Å². The van der Waals surface area contributed by atoms with E-state index in [-0.39, 0.29) is 6.04 Å². The minimum absolute atomic E-state index is 0.254. The highest BCUT2D eigenvalue weighted by atomic mass is 32.1. The summed E-state index contributed by atoms with van der Waals surface area (Å²) in [7, 11) is 0. The van der Waals surface area contributed by atoms with Gasteiger partial charge in [0.05, 0.1) is 16.4 Å². The quantitative estimate of drug-likeness (QED) is 0.254. The maximum Gasteiger partial charge on any atom is 0.173 e. The Bertz CT molecular complexity index is 1610. The Morgan fingerprint density at radius 3 is 2.74 bits per heavy atom. The van der Waals surface area contributed by atoms with Crippen molar-refractivity contribution in [3.8, 4) is 10.6 Å². The third kappa shape index (κ3) is 4.81. The van der Waals surface area contributed by atoms with Gasteiger partial charge >= 0.3 is 0 Å². The minimum Gasteiger partial charge on any atom is -0.351 e. The standard InChI is InChI=1S/C30H30N6S2/c1-19(2)26-18-35(14-15-36(26)30(37)32-24-8-4-7-23-22(24)6-5-13-31-23)29-12-10-25(33-34-29)28-17-21-16-20(3)9-11-27(21)38-28/h4-13,16-17,19,26H,14-15,18H2,1-3H3,(H,32,37). The summed E-state index contributed by atoms with van der Waals surface area (Å²) in [5.74, 6) is 1.33. The first kappa shape index (κ1) is 24.7. The second-order valence-corrected chi connectivity index (χ2v) is 11.7.